The zero-order chi connectivity index (χ0) is 74.1. The summed E-state index contributed by atoms with van der Waals surface area (Å²) < 4.78 is 63.2. The maximum absolute atomic E-state index is 12.8. The second-order valence-electron chi connectivity index (χ2n) is 20.1. The molecule has 0 aliphatic carbocycles. The number of carbonyl (C=O) groups is 3. The smallest absolute Gasteiger partial charge is 0.342 e. The van der Waals surface area contributed by atoms with Crippen LogP contribution >= 0.6 is 34.8 Å². The van der Waals surface area contributed by atoms with Gasteiger partial charge in [0.1, 0.15) is 51.2 Å². The fraction of sp³-hybridized carbons (Fsp3) is 0.318. The van der Waals surface area contributed by atoms with Crippen molar-refractivity contribution in [3.63, 3.8) is 0 Å². The van der Waals surface area contributed by atoms with E-state index in [1.54, 1.807) is 18.2 Å². The summed E-state index contributed by atoms with van der Waals surface area (Å²) in [6, 6.07) is 6.38. The Labute approximate surface area is 581 Å². The third-order valence-electron chi connectivity index (χ3n) is 14.4. The number of phenolic OH excluding ortho intramolecular Hbond substituents is 6. The van der Waals surface area contributed by atoms with Crippen LogP contribution in [0.25, 0.3) is 0 Å². The average molecular weight is 1450 g/mol. The van der Waals surface area contributed by atoms with Gasteiger partial charge in [-0.2, -0.15) is 0 Å². The molecule has 0 saturated heterocycles. The van der Waals surface area contributed by atoms with Crippen LogP contribution < -0.4 is 42.6 Å². The van der Waals surface area contributed by atoms with Gasteiger partial charge in [0.05, 0.1) is 149 Å². The molecule has 6 rings (SSSR count). The summed E-state index contributed by atoms with van der Waals surface area (Å²) in [7, 11) is 11.9. The van der Waals surface area contributed by atoms with E-state index >= 15 is 0 Å². The van der Waals surface area contributed by atoms with Crippen LogP contribution in [0, 0.1) is 30.3 Å². The van der Waals surface area contributed by atoms with E-state index in [2.05, 4.69) is 19.7 Å². The number of benzene rings is 6. The number of ether oxygens (including phenoxy) is 12. The molecule has 0 fully saturated rings. The molecule has 0 aliphatic heterocycles. The number of aromatic hydroxyl groups is 6. The quantitative estimate of drug-likeness (QED) is 0.00732. The lowest BCUT2D eigenvalue weighted by molar-refractivity contribution is -0.386. The molecule has 0 bridgehead atoms. The second kappa shape index (κ2) is 38.1. The van der Waals surface area contributed by atoms with Crippen LogP contribution in [0.1, 0.15) is 83.7 Å². The predicted octanol–water partition coefficient (Wildman–Crippen LogP) is 12.6. The van der Waals surface area contributed by atoms with E-state index in [0.29, 0.717) is 19.3 Å². The summed E-state index contributed by atoms with van der Waals surface area (Å²) >= 11 is 18.4. The van der Waals surface area contributed by atoms with Gasteiger partial charge in [-0.3, -0.25) is 30.3 Å². The van der Waals surface area contributed by atoms with E-state index in [1.807, 2.05) is 0 Å². The van der Waals surface area contributed by atoms with Crippen LogP contribution in [-0.4, -0.2) is 147 Å². The highest BCUT2D eigenvalue weighted by atomic mass is 35.5. The first-order chi connectivity index (χ1) is 47.1. The van der Waals surface area contributed by atoms with Gasteiger partial charge in [0.2, 0.25) is 17.2 Å². The number of methoxy groups -OCH3 is 9. The SMILES string of the molecule is C=CCCc1c(Cl)c(O)cc(O)c1C(=O)OCCc1c(OC)c(OC)cc([N+](=O)[O-])c1OC.C=CCCc1c(Cl)c(O)cc(O)c1C(=O)OCCc1c(OC)c(OC)cc([N+](=O)[O-])c1OC.C=CCCc1c(Cl)c(O)cc(O)c1C(=O)OCCc1c(OC)c(OC)cc([N+](=O)[O-])c1OC. The molecule has 6 aromatic rings. The number of nitro groups is 3. The third-order valence-corrected chi connectivity index (χ3v) is 15.7. The van der Waals surface area contributed by atoms with E-state index in [1.165, 1.54) is 82.2 Å². The van der Waals surface area contributed by atoms with Gasteiger partial charge >= 0.3 is 35.0 Å². The van der Waals surface area contributed by atoms with E-state index in [-0.39, 0.29) is 210 Å². The molecule has 0 aliphatic rings. The van der Waals surface area contributed by atoms with Crippen molar-refractivity contribution in [1.29, 1.82) is 0 Å². The molecule has 99 heavy (non-hydrogen) atoms. The highest BCUT2D eigenvalue weighted by Gasteiger charge is 2.33. The van der Waals surface area contributed by atoms with Crippen molar-refractivity contribution in [3.8, 4) is 86.2 Å². The second-order valence-corrected chi connectivity index (χ2v) is 21.2. The number of phenols is 6. The molecule has 0 heterocycles. The summed E-state index contributed by atoms with van der Waals surface area (Å²) in [6.45, 7) is 10.1. The minimum absolute atomic E-state index is 0.0231. The highest BCUT2D eigenvalue weighted by Crippen LogP contribution is 2.48. The molecule has 0 unspecified atom stereocenters. The fourth-order valence-electron chi connectivity index (χ4n) is 10.0. The number of hydrogen-bond donors (Lipinski definition) is 6. The molecule has 0 amide bonds. The average Bonchev–Trinajstić information content (AvgIpc) is 0.809. The molecular weight excluding hydrogens is 1370 g/mol. The first kappa shape index (κ1) is 80.5. The van der Waals surface area contributed by atoms with E-state index < -0.39 is 49.9 Å². The minimum atomic E-state index is -0.885. The normalized spacial score (nSPS) is 10.4. The molecule has 30 nitrogen and oxygen atoms in total. The lowest BCUT2D eigenvalue weighted by atomic mass is 10.0. The Kier molecular flexibility index (Phi) is 31.0. The monoisotopic (exact) mass is 1440 g/mol. The third kappa shape index (κ3) is 19.2. The van der Waals surface area contributed by atoms with Crippen molar-refractivity contribution >= 4 is 69.8 Å². The van der Waals surface area contributed by atoms with Crippen molar-refractivity contribution in [3.05, 3.63) is 170 Å². The van der Waals surface area contributed by atoms with Gasteiger partial charge in [-0.1, -0.05) is 53.0 Å². The molecule has 0 spiro atoms. The number of esters is 3. The Morgan fingerprint density at radius 3 is 0.768 bits per heavy atom. The van der Waals surface area contributed by atoms with Gasteiger partial charge in [-0.15, -0.1) is 19.7 Å². The number of halogens is 3. The van der Waals surface area contributed by atoms with Gasteiger partial charge in [-0.05, 0) is 55.2 Å². The van der Waals surface area contributed by atoms with E-state index in [4.69, 9.17) is 91.6 Å². The summed E-state index contributed by atoms with van der Waals surface area (Å²) in [6.07, 6.45) is 6.73. The largest absolute Gasteiger partial charge is 0.507 e. The van der Waals surface area contributed by atoms with Gasteiger partial charge in [0.15, 0.2) is 34.5 Å². The van der Waals surface area contributed by atoms with Crippen LogP contribution in [-0.2, 0) is 52.7 Å². The van der Waals surface area contributed by atoms with Crippen LogP contribution in [0.5, 0.6) is 86.2 Å². The Morgan fingerprint density at radius 1 is 0.364 bits per heavy atom. The first-order valence-electron chi connectivity index (χ1n) is 29.1. The number of nitrogens with zero attached hydrogens (tertiary/aromatic N) is 3. The minimum Gasteiger partial charge on any atom is -0.507 e. The summed E-state index contributed by atoms with van der Waals surface area (Å²) in [5.41, 5.74) is -0.149. The Hall–Kier alpha value is -11.0. The molecule has 33 heteroatoms. The van der Waals surface area contributed by atoms with Crippen molar-refractivity contribution in [2.24, 2.45) is 0 Å². The van der Waals surface area contributed by atoms with Crippen molar-refractivity contribution in [2.75, 3.05) is 83.8 Å². The lowest BCUT2D eigenvalue weighted by Crippen LogP contribution is -2.13. The van der Waals surface area contributed by atoms with Crippen molar-refractivity contribution < 1.29 is 117 Å². The fourth-order valence-corrected chi connectivity index (χ4v) is 10.7. The van der Waals surface area contributed by atoms with Gasteiger partial charge < -0.3 is 87.5 Å². The molecule has 534 valence electrons. The summed E-state index contributed by atoms with van der Waals surface area (Å²) in [4.78, 5) is 70.8. The molecular formula is C66H72Cl3N3O27. The number of nitro benzene ring substituents is 3. The Balaban J connectivity index is 0.000000315. The van der Waals surface area contributed by atoms with Gasteiger partial charge in [-0.25, -0.2) is 14.4 Å². The molecule has 6 aromatic carbocycles. The number of hydrogen-bond acceptors (Lipinski definition) is 27. The number of carbonyl (C=O) groups excluding carboxylic acids is 3. The van der Waals surface area contributed by atoms with Crippen molar-refractivity contribution in [1.82, 2.24) is 0 Å². The molecule has 0 atom stereocenters. The lowest BCUT2D eigenvalue weighted by Gasteiger charge is -2.17. The summed E-state index contributed by atoms with van der Waals surface area (Å²) in [5, 5.41) is 94.5. The van der Waals surface area contributed by atoms with E-state index in [0.717, 1.165) is 18.2 Å². The highest BCUT2D eigenvalue weighted by molar-refractivity contribution is 6.34. The van der Waals surface area contributed by atoms with Crippen LogP contribution in [0.15, 0.2) is 74.4 Å². The van der Waals surface area contributed by atoms with Gasteiger partial charge in [0, 0.05) is 37.5 Å². The van der Waals surface area contributed by atoms with Crippen LogP contribution in [0.4, 0.5) is 17.1 Å². The molecule has 0 saturated carbocycles. The summed E-state index contributed by atoms with van der Waals surface area (Å²) in [5.74, 6) is -4.51. The molecule has 0 aromatic heterocycles. The number of rotatable bonds is 33. The predicted molar refractivity (Wildman–Crippen MR) is 360 cm³/mol. The Bertz CT molecular complexity index is 3610. The topological polar surface area (TPSA) is 413 Å². The van der Waals surface area contributed by atoms with E-state index in [9.17, 15) is 75.4 Å². The zero-order valence-electron chi connectivity index (χ0n) is 55.0. The maximum atomic E-state index is 12.8. The van der Waals surface area contributed by atoms with Crippen molar-refractivity contribution in [2.45, 2.75) is 57.8 Å². The standard InChI is InChI=1S/3C22H24ClNO9/c3*1-5-6-7-12-18(15(25)11-16(26)19(12)23)22(27)33-9-8-13-20(31-3)14(24(28)29)10-17(30-2)21(13)32-4/h3*5,10-11,25-26H,1,6-9H2,2-4H3. The van der Waals surface area contributed by atoms with Crippen LogP contribution in [0.2, 0.25) is 15.1 Å². The number of allylic oxidation sites excluding steroid dienone is 3. The molecule has 6 N–H and O–H groups in total. The first-order valence-corrected chi connectivity index (χ1v) is 30.2. The maximum Gasteiger partial charge on any atom is 0.342 e. The van der Waals surface area contributed by atoms with Crippen LogP contribution in [0.3, 0.4) is 0 Å². The zero-order valence-corrected chi connectivity index (χ0v) is 57.3. The Morgan fingerprint density at radius 2 is 0.586 bits per heavy atom. The molecule has 0 radical (unpaired) electrons. The van der Waals surface area contributed by atoms with Gasteiger partial charge in [0.25, 0.3) is 0 Å².